The van der Waals surface area contributed by atoms with Gasteiger partial charge in [-0.25, -0.2) is 0 Å². The van der Waals surface area contributed by atoms with Gasteiger partial charge in [0.05, 0.1) is 5.69 Å². The molecule has 5 nitrogen and oxygen atoms in total. The van der Waals surface area contributed by atoms with Gasteiger partial charge in [-0.1, -0.05) is 19.9 Å². The summed E-state index contributed by atoms with van der Waals surface area (Å²) in [6.45, 7) is 6.87. The number of nitrogens with one attached hydrogen (secondary N) is 1. The van der Waals surface area contributed by atoms with Gasteiger partial charge in [-0.2, -0.15) is 0 Å². The van der Waals surface area contributed by atoms with Gasteiger partial charge >= 0.3 is 11.8 Å². The van der Waals surface area contributed by atoms with Crippen LogP contribution in [0.4, 0.5) is 5.69 Å². The molecule has 0 aromatic heterocycles. The number of carbonyl (C=O) groups is 2. The summed E-state index contributed by atoms with van der Waals surface area (Å²) in [5, 5.41) is 12.1. The molecule has 0 heterocycles. The largest absolute Gasteiger partial charge is 0.506 e. The van der Waals surface area contributed by atoms with Gasteiger partial charge in [0.25, 0.3) is 0 Å². The zero-order chi connectivity index (χ0) is 15.1. The second-order valence-electron chi connectivity index (χ2n) is 4.77. The van der Waals surface area contributed by atoms with E-state index < -0.39 is 11.8 Å². The Balaban J connectivity index is 2.78. The minimum atomic E-state index is -0.715. The van der Waals surface area contributed by atoms with E-state index in [-0.39, 0.29) is 11.4 Å². The van der Waals surface area contributed by atoms with Crippen molar-refractivity contribution in [3.8, 4) is 5.75 Å². The summed E-state index contributed by atoms with van der Waals surface area (Å²) >= 11 is 0. The summed E-state index contributed by atoms with van der Waals surface area (Å²) in [7, 11) is 0. The van der Waals surface area contributed by atoms with Crippen LogP contribution in [0.3, 0.4) is 0 Å². The number of nitrogens with zero attached hydrogens (tertiary/aromatic N) is 1. The maximum atomic E-state index is 12.1. The highest BCUT2D eigenvalue weighted by molar-refractivity contribution is 6.39. The summed E-state index contributed by atoms with van der Waals surface area (Å²) in [6, 6.07) is 4.85. The lowest BCUT2D eigenvalue weighted by Crippen LogP contribution is -2.40. The standard InChI is InChI=1S/C15H22N2O3/c1-4-8-17(9-5-2)15(20)14(19)16-12-10-11(3)6-7-13(12)18/h6-7,10,18H,4-5,8-9H2,1-3H3,(H,16,19). The van der Waals surface area contributed by atoms with Crippen LogP contribution in [-0.4, -0.2) is 34.9 Å². The van der Waals surface area contributed by atoms with E-state index in [9.17, 15) is 14.7 Å². The number of rotatable bonds is 5. The average Bonchev–Trinajstić information content (AvgIpc) is 2.41. The van der Waals surface area contributed by atoms with E-state index >= 15 is 0 Å². The Morgan fingerprint density at radius 2 is 1.80 bits per heavy atom. The van der Waals surface area contributed by atoms with Crippen LogP contribution in [0.2, 0.25) is 0 Å². The van der Waals surface area contributed by atoms with Gasteiger partial charge in [0.15, 0.2) is 0 Å². The predicted octanol–water partition coefficient (Wildman–Crippen LogP) is 2.29. The molecule has 1 aromatic rings. The average molecular weight is 278 g/mol. The second kappa shape index (κ2) is 7.53. The molecule has 0 aliphatic carbocycles. The van der Waals surface area contributed by atoms with E-state index in [0.717, 1.165) is 18.4 Å². The number of hydrogen-bond donors (Lipinski definition) is 2. The summed E-state index contributed by atoms with van der Waals surface area (Å²) in [5.41, 5.74) is 1.15. The lowest BCUT2D eigenvalue weighted by Gasteiger charge is -2.20. The number of anilines is 1. The first kappa shape index (κ1) is 16.0. The minimum Gasteiger partial charge on any atom is -0.506 e. The Morgan fingerprint density at radius 1 is 1.20 bits per heavy atom. The Morgan fingerprint density at radius 3 is 2.35 bits per heavy atom. The van der Waals surface area contributed by atoms with E-state index in [4.69, 9.17) is 0 Å². The highest BCUT2D eigenvalue weighted by Gasteiger charge is 2.21. The van der Waals surface area contributed by atoms with Gasteiger partial charge in [0.2, 0.25) is 0 Å². The van der Waals surface area contributed by atoms with Crippen molar-refractivity contribution in [3.05, 3.63) is 23.8 Å². The van der Waals surface area contributed by atoms with Crippen molar-refractivity contribution in [1.29, 1.82) is 0 Å². The molecule has 2 N–H and O–H groups in total. The molecular formula is C15H22N2O3. The monoisotopic (exact) mass is 278 g/mol. The fourth-order valence-electron chi connectivity index (χ4n) is 1.92. The molecular weight excluding hydrogens is 256 g/mol. The molecule has 1 aromatic carbocycles. The first-order valence-corrected chi connectivity index (χ1v) is 6.89. The van der Waals surface area contributed by atoms with Gasteiger partial charge in [0.1, 0.15) is 5.75 Å². The number of aryl methyl sites for hydroxylation is 1. The van der Waals surface area contributed by atoms with E-state index in [1.54, 1.807) is 12.1 Å². The fourth-order valence-corrected chi connectivity index (χ4v) is 1.92. The number of hydrogen-bond acceptors (Lipinski definition) is 3. The third-order valence-corrected chi connectivity index (χ3v) is 2.87. The molecule has 0 aliphatic heterocycles. The lowest BCUT2D eigenvalue weighted by atomic mass is 10.2. The van der Waals surface area contributed by atoms with Crippen LogP contribution in [0.15, 0.2) is 18.2 Å². The molecule has 1 rings (SSSR count). The number of amides is 2. The molecule has 0 spiro atoms. The highest BCUT2D eigenvalue weighted by atomic mass is 16.3. The van der Waals surface area contributed by atoms with Crippen molar-refractivity contribution in [2.24, 2.45) is 0 Å². The summed E-state index contributed by atoms with van der Waals surface area (Å²) in [6.07, 6.45) is 1.60. The zero-order valence-corrected chi connectivity index (χ0v) is 12.3. The third kappa shape index (κ3) is 4.26. The molecule has 0 saturated carbocycles. The van der Waals surface area contributed by atoms with Crippen LogP contribution < -0.4 is 5.32 Å². The Kier molecular flexibility index (Phi) is 6.03. The maximum Gasteiger partial charge on any atom is 0.314 e. The van der Waals surface area contributed by atoms with Crippen LogP contribution >= 0.6 is 0 Å². The second-order valence-corrected chi connectivity index (χ2v) is 4.77. The number of carbonyl (C=O) groups excluding carboxylic acids is 2. The van der Waals surface area contributed by atoms with Crippen molar-refractivity contribution >= 4 is 17.5 Å². The number of phenolic OH excluding ortho intramolecular Hbond substituents is 1. The van der Waals surface area contributed by atoms with Crippen molar-refractivity contribution in [3.63, 3.8) is 0 Å². The van der Waals surface area contributed by atoms with Crippen LogP contribution in [0, 0.1) is 6.92 Å². The molecule has 0 aliphatic rings. The molecule has 0 radical (unpaired) electrons. The maximum absolute atomic E-state index is 12.1. The smallest absolute Gasteiger partial charge is 0.314 e. The SMILES string of the molecule is CCCN(CCC)C(=O)C(=O)Nc1cc(C)ccc1O. The summed E-state index contributed by atoms with van der Waals surface area (Å²) in [5.74, 6) is -1.32. The lowest BCUT2D eigenvalue weighted by molar-refractivity contribution is -0.143. The van der Waals surface area contributed by atoms with E-state index in [1.807, 2.05) is 20.8 Å². The number of phenols is 1. The molecule has 0 unspecified atom stereocenters. The predicted molar refractivity (Wildman–Crippen MR) is 78.6 cm³/mol. The fraction of sp³-hybridized carbons (Fsp3) is 0.467. The molecule has 0 saturated heterocycles. The van der Waals surface area contributed by atoms with Crippen LogP contribution in [0.1, 0.15) is 32.3 Å². The van der Waals surface area contributed by atoms with E-state index in [0.29, 0.717) is 13.1 Å². The molecule has 0 bridgehead atoms. The molecule has 5 heteroatoms. The van der Waals surface area contributed by atoms with E-state index in [2.05, 4.69) is 5.32 Å². The Bertz CT molecular complexity index is 480. The molecule has 2 amide bonds. The number of benzene rings is 1. The normalized spacial score (nSPS) is 10.2. The number of aromatic hydroxyl groups is 1. The van der Waals surface area contributed by atoms with Crippen molar-refractivity contribution in [1.82, 2.24) is 4.90 Å². The first-order valence-electron chi connectivity index (χ1n) is 6.89. The topological polar surface area (TPSA) is 69.6 Å². The summed E-state index contributed by atoms with van der Waals surface area (Å²) < 4.78 is 0. The third-order valence-electron chi connectivity index (χ3n) is 2.87. The Hall–Kier alpha value is -2.04. The van der Waals surface area contributed by atoms with Gasteiger partial charge in [0, 0.05) is 13.1 Å². The first-order chi connectivity index (χ1) is 9.49. The zero-order valence-electron chi connectivity index (χ0n) is 12.3. The van der Waals surface area contributed by atoms with Crippen molar-refractivity contribution in [2.45, 2.75) is 33.6 Å². The van der Waals surface area contributed by atoms with Crippen LogP contribution in [-0.2, 0) is 9.59 Å². The quantitative estimate of drug-likeness (QED) is 0.641. The van der Waals surface area contributed by atoms with Gasteiger partial charge in [-0.3, -0.25) is 9.59 Å². The molecule has 0 atom stereocenters. The van der Waals surface area contributed by atoms with Crippen LogP contribution in [0.25, 0.3) is 0 Å². The molecule has 0 fully saturated rings. The van der Waals surface area contributed by atoms with Crippen LogP contribution in [0.5, 0.6) is 5.75 Å². The van der Waals surface area contributed by atoms with Crippen molar-refractivity contribution in [2.75, 3.05) is 18.4 Å². The van der Waals surface area contributed by atoms with Crippen molar-refractivity contribution < 1.29 is 14.7 Å². The van der Waals surface area contributed by atoms with Gasteiger partial charge in [-0.15, -0.1) is 0 Å². The highest BCUT2D eigenvalue weighted by Crippen LogP contribution is 2.23. The Labute approximate surface area is 119 Å². The van der Waals surface area contributed by atoms with E-state index in [1.165, 1.54) is 11.0 Å². The van der Waals surface area contributed by atoms with Gasteiger partial charge < -0.3 is 15.3 Å². The van der Waals surface area contributed by atoms with Gasteiger partial charge in [-0.05, 0) is 37.5 Å². The molecule has 110 valence electrons. The minimum absolute atomic E-state index is 0.0470. The summed E-state index contributed by atoms with van der Waals surface area (Å²) in [4.78, 5) is 25.5. The molecule has 20 heavy (non-hydrogen) atoms.